The zero-order valence-corrected chi connectivity index (χ0v) is 16.5. The van der Waals surface area contributed by atoms with E-state index >= 15 is 0 Å². The number of carbonyl (C=O) groups is 2. The first kappa shape index (κ1) is 20.4. The highest BCUT2D eigenvalue weighted by molar-refractivity contribution is 9.10. The van der Waals surface area contributed by atoms with E-state index in [-0.39, 0.29) is 13.0 Å². The molecule has 2 aromatic rings. The molecule has 0 amide bonds. The zero-order valence-electron chi connectivity index (χ0n) is 14.9. The maximum absolute atomic E-state index is 11.8. The van der Waals surface area contributed by atoms with Crippen LogP contribution in [-0.2, 0) is 16.1 Å². The standard InChI is InChI=1S/C18H24BrN3O4/c1-21(2)8-3-7-20-17(18(25)26)14-11-22(9-6-16(23)24)15-10-12(19)4-5-13(14)15/h4-5,10-11,17,20H,3,6-9H2,1-2H3,(H,23,24)(H,25,26). The van der Waals surface area contributed by atoms with Gasteiger partial charge in [0.25, 0.3) is 0 Å². The van der Waals surface area contributed by atoms with E-state index in [1.807, 2.05) is 37.2 Å². The molecule has 2 rings (SSSR count). The van der Waals surface area contributed by atoms with E-state index in [1.54, 1.807) is 10.8 Å². The Bertz CT molecular complexity index is 788. The van der Waals surface area contributed by atoms with Crippen LogP contribution in [0.25, 0.3) is 10.9 Å². The Kier molecular flexibility index (Phi) is 7.19. The van der Waals surface area contributed by atoms with Crippen molar-refractivity contribution in [2.75, 3.05) is 27.2 Å². The molecule has 0 aliphatic carbocycles. The smallest absolute Gasteiger partial charge is 0.325 e. The number of aliphatic carboxylic acids is 2. The molecule has 1 aromatic heterocycles. The van der Waals surface area contributed by atoms with Crippen molar-refractivity contribution in [2.45, 2.75) is 25.4 Å². The first-order valence-corrected chi connectivity index (χ1v) is 9.20. The quantitative estimate of drug-likeness (QED) is 0.506. The molecule has 26 heavy (non-hydrogen) atoms. The third kappa shape index (κ3) is 5.30. The Hall–Kier alpha value is -1.90. The van der Waals surface area contributed by atoms with Crippen molar-refractivity contribution in [3.05, 3.63) is 34.4 Å². The average molecular weight is 426 g/mol. The van der Waals surface area contributed by atoms with E-state index in [0.29, 0.717) is 12.1 Å². The summed E-state index contributed by atoms with van der Waals surface area (Å²) in [7, 11) is 3.95. The van der Waals surface area contributed by atoms with Gasteiger partial charge in [0.1, 0.15) is 6.04 Å². The molecule has 0 aliphatic heterocycles. The number of nitrogens with zero attached hydrogens (tertiary/aromatic N) is 2. The maximum atomic E-state index is 11.8. The number of fused-ring (bicyclic) bond motifs is 1. The van der Waals surface area contributed by atoms with Crippen molar-refractivity contribution in [1.82, 2.24) is 14.8 Å². The third-order valence-electron chi connectivity index (χ3n) is 4.13. The van der Waals surface area contributed by atoms with Crippen LogP contribution < -0.4 is 5.32 Å². The van der Waals surface area contributed by atoms with Crippen molar-refractivity contribution in [2.24, 2.45) is 0 Å². The highest BCUT2D eigenvalue weighted by Gasteiger charge is 2.24. The minimum absolute atomic E-state index is 0.0241. The molecule has 1 aromatic carbocycles. The van der Waals surface area contributed by atoms with E-state index in [1.165, 1.54) is 0 Å². The van der Waals surface area contributed by atoms with Gasteiger partial charge in [0.2, 0.25) is 0 Å². The van der Waals surface area contributed by atoms with Crippen LogP contribution in [0.4, 0.5) is 0 Å². The lowest BCUT2D eigenvalue weighted by Crippen LogP contribution is -2.30. The topological polar surface area (TPSA) is 94.8 Å². The highest BCUT2D eigenvalue weighted by Crippen LogP contribution is 2.29. The second-order valence-electron chi connectivity index (χ2n) is 6.47. The van der Waals surface area contributed by atoms with Gasteiger partial charge in [-0.25, -0.2) is 0 Å². The molecule has 0 saturated heterocycles. The van der Waals surface area contributed by atoms with Crippen LogP contribution in [0.2, 0.25) is 0 Å². The summed E-state index contributed by atoms with van der Waals surface area (Å²) in [4.78, 5) is 24.8. The van der Waals surface area contributed by atoms with Gasteiger partial charge in [-0.15, -0.1) is 0 Å². The Morgan fingerprint density at radius 3 is 2.65 bits per heavy atom. The summed E-state index contributed by atoms with van der Waals surface area (Å²) in [6.45, 7) is 1.73. The lowest BCUT2D eigenvalue weighted by Gasteiger charge is -2.15. The Morgan fingerprint density at radius 2 is 2.04 bits per heavy atom. The fourth-order valence-electron chi connectivity index (χ4n) is 2.90. The van der Waals surface area contributed by atoms with Gasteiger partial charge in [0.15, 0.2) is 0 Å². The molecule has 0 bridgehead atoms. The molecule has 3 N–H and O–H groups in total. The maximum Gasteiger partial charge on any atom is 0.325 e. The molecule has 1 atom stereocenters. The van der Waals surface area contributed by atoms with E-state index in [9.17, 15) is 14.7 Å². The van der Waals surface area contributed by atoms with Crippen LogP contribution in [0.5, 0.6) is 0 Å². The number of aromatic nitrogens is 1. The Labute approximate surface area is 160 Å². The molecular formula is C18H24BrN3O4. The van der Waals surface area contributed by atoms with Crippen molar-refractivity contribution in [1.29, 1.82) is 0 Å². The average Bonchev–Trinajstić information content (AvgIpc) is 2.89. The van der Waals surface area contributed by atoms with Crippen LogP contribution in [0.3, 0.4) is 0 Å². The fourth-order valence-corrected chi connectivity index (χ4v) is 3.25. The zero-order chi connectivity index (χ0) is 19.3. The molecule has 1 heterocycles. The van der Waals surface area contributed by atoms with Crippen molar-refractivity contribution in [3.63, 3.8) is 0 Å². The van der Waals surface area contributed by atoms with Gasteiger partial charge in [-0.1, -0.05) is 22.0 Å². The predicted octanol–water partition coefficient (Wildman–Crippen LogP) is 2.55. The molecule has 0 spiro atoms. The van der Waals surface area contributed by atoms with Crippen LogP contribution in [0.15, 0.2) is 28.9 Å². The fraction of sp³-hybridized carbons (Fsp3) is 0.444. The van der Waals surface area contributed by atoms with Gasteiger partial charge in [-0.05, 0) is 45.7 Å². The number of aryl methyl sites for hydroxylation is 1. The number of carboxylic acids is 2. The van der Waals surface area contributed by atoms with Crippen molar-refractivity contribution < 1.29 is 19.8 Å². The number of halogens is 1. The van der Waals surface area contributed by atoms with Crippen LogP contribution in [0.1, 0.15) is 24.4 Å². The molecule has 0 saturated carbocycles. The monoisotopic (exact) mass is 425 g/mol. The minimum Gasteiger partial charge on any atom is -0.481 e. The lowest BCUT2D eigenvalue weighted by molar-refractivity contribution is -0.140. The Balaban J connectivity index is 2.32. The van der Waals surface area contributed by atoms with Crippen molar-refractivity contribution >= 4 is 38.8 Å². The summed E-state index contributed by atoms with van der Waals surface area (Å²) in [6.07, 6.45) is 2.56. The second kappa shape index (κ2) is 9.16. The van der Waals surface area contributed by atoms with E-state index in [2.05, 4.69) is 21.2 Å². The number of benzene rings is 1. The SMILES string of the molecule is CN(C)CCCNC(C(=O)O)c1cn(CCC(=O)O)c2cc(Br)ccc12. The summed E-state index contributed by atoms with van der Waals surface area (Å²) in [5.41, 5.74) is 1.47. The first-order chi connectivity index (χ1) is 12.3. The van der Waals surface area contributed by atoms with E-state index in [0.717, 1.165) is 28.3 Å². The summed E-state index contributed by atoms with van der Waals surface area (Å²) in [5, 5.41) is 22.6. The molecular weight excluding hydrogens is 402 g/mol. The third-order valence-corrected chi connectivity index (χ3v) is 4.62. The summed E-state index contributed by atoms with van der Waals surface area (Å²) in [5.74, 6) is -1.84. The number of hydrogen-bond donors (Lipinski definition) is 3. The largest absolute Gasteiger partial charge is 0.481 e. The molecule has 0 fully saturated rings. The summed E-state index contributed by atoms with van der Waals surface area (Å²) < 4.78 is 2.66. The molecule has 142 valence electrons. The van der Waals surface area contributed by atoms with Gasteiger partial charge >= 0.3 is 11.9 Å². The van der Waals surface area contributed by atoms with E-state index < -0.39 is 18.0 Å². The van der Waals surface area contributed by atoms with Crippen LogP contribution in [-0.4, -0.2) is 58.8 Å². The van der Waals surface area contributed by atoms with Gasteiger partial charge in [-0.3, -0.25) is 9.59 Å². The normalized spacial score (nSPS) is 12.6. The molecule has 8 heteroatoms. The number of carboxylic acid groups (broad SMARTS) is 2. The molecule has 0 radical (unpaired) electrons. The summed E-state index contributed by atoms with van der Waals surface area (Å²) in [6, 6.07) is 4.76. The van der Waals surface area contributed by atoms with Gasteiger partial charge in [-0.2, -0.15) is 0 Å². The van der Waals surface area contributed by atoms with Crippen LogP contribution >= 0.6 is 15.9 Å². The van der Waals surface area contributed by atoms with Crippen molar-refractivity contribution in [3.8, 4) is 0 Å². The minimum atomic E-state index is -0.949. The van der Waals surface area contributed by atoms with Crippen LogP contribution in [0, 0.1) is 0 Å². The Morgan fingerprint density at radius 1 is 1.31 bits per heavy atom. The van der Waals surface area contributed by atoms with E-state index in [4.69, 9.17) is 5.11 Å². The predicted molar refractivity (Wildman–Crippen MR) is 103 cm³/mol. The van der Waals surface area contributed by atoms with Gasteiger partial charge in [0, 0.05) is 33.7 Å². The number of nitrogens with one attached hydrogen (secondary N) is 1. The van der Waals surface area contributed by atoms with Gasteiger partial charge < -0.3 is 25.0 Å². The number of rotatable bonds is 10. The molecule has 7 nitrogen and oxygen atoms in total. The molecule has 1 unspecified atom stereocenters. The molecule has 0 aliphatic rings. The lowest BCUT2D eigenvalue weighted by atomic mass is 10.1. The number of hydrogen-bond acceptors (Lipinski definition) is 4. The summed E-state index contributed by atoms with van der Waals surface area (Å²) >= 11 is 3.42. The van der Waals surface area contributed by atoms with Gasteiger partial charge in [0.05, 0.1) is 6.42 Å². The first-order valence-electron chi connectivity index (χ1n) is 8.40. The second-order valence-corrected chi connectivity index (χ2v) is 7.38. The highest BCUT2D eigenvalue weighted by atomic mass is 79.9.